The van der Waals surface area contributed by atoms with Crippen molar-refractivity contribution in [2.45, 2.75) is 0 Å². The Hall–Kier alpha value is -6.71. The molecule has 0 fully saturated rings. The molecule has 0 amide bonds. The Kier molecular flexibility index (Phi) is 6.49. The monoisotopic (exact) mass is 635 g/mol. The zero-order chi connectivity index (χ0) is 33.0. The summed E-state index contributed by atoms with van der Waals surface area (Å²) in [5.41, 5.74) is 12.9. The molecule has 1 heterocycles. The lowest BCUT2D eigenvalue weighted by atomic mass is 9.90. The molecule has 0 atom stereocenters. The number of rotatable bonds is 5. The van der Waals surface area contributed by atoms with Crippen molar-refractivity contribution >= 4 is 21.5 Å². The number of hydrogen-bond acceptors (Lipinski definition) is 3. The second-order valence-electron chi connectivity index (χ2n) is 12.8. The Labute approximate surface area is 290 Å². The van der Waals surface area contributed by atoms with Gasteiger partial charge in [-0.1, -0.05) is 152 Å². The lowest BCUT2D eigenvalue weighted by Gasteiger charge is -2.14. The Morgan fingerprint density at radius 1 is 0.260 bits per heavy atom. The molecule has 9 aromatic rings. The average molecular weight is 636 g/mol. The van der Waals surface area contributed by atoms with Gasteiger partial charge in [0.15, 0.2) is 17.5 Å². The smallest absolute Gasteiger partial charge is 0.164 e. The summed E-state index contributed by atoms with van der Waals surface area (Å²) in [6, 6.07) is 62.4. The van der Waals surface area contributed by atoms with Gasteiger partial charge in [0.1, 0.15) is 0 Å². The Morgan fingerprint density at radius 3 is 1.38 bits per heavy atom. The van der Waals surface area contributed by atoms with Crippen LogP contribution in [0.4, 0.5) is 0 Å². The van der Waals surface area contributed by atoms with Crippen LogP contribution in [0, 0.1) is 0 Å². The first-order chi connectivity index (χ1) is 24.8. The normalized spacial score (nSPS) is 11.6. The maximum atomic E-state index is 4.94. The molecule has 232 valence electrons. The largest absolute Gasteiger partial charge is 0.208 e. The summed E-state index contributed by atoms with van der Waals surface area (Å²) in [4.78, 5) is 14.8. The van der Waals surface area contributed by atoms with Gasteiger partial charge in [-0.3, -0.25) is 0 Å². The van der Waals surface area contributed by atoms with Crippen LogP contribution in [0.3, 0.4) is 0 Å². The van der Waals surface area contributed by atoms with Crippen LogP contribution < -0.4 is 0 Å². The summed E-state index contributed by atoms with van der Waals surface area (Å²) in [7, 11) is 0. The molecule has 1 aliphatic rings. The highest BCUT2D eigenvalue weighted by molar-refractivity contribution is 6.16. The number of aromatic nitrogens is 3. The molecule has 0 N–H and O–H groups in total. The average Bonchev–Trinajstić information content (AvgIpc) is 3.52. The van der Waals surface area contributed by atoms with Crippen molar-refractivity contribution in [3.05, 3.63) is 176 Å². The van der Waals surface area contributed by atoms with Gasteiger partial charge < -0.3 is 0 Å². The second-order valence-corrected chi connectivity index (χ2v) is 12.8. The Morgan fingerprint density at radius 2 is 0.720 bits per heavy atom. The van der Waals surface area contributed by atoms with Crippen LogP contribution in [0.25, 0.3) is 100 Å². The summed E-state index contributed by atoms with van der Waals surface area (Å²) >= 11 is 0. The Bertz CT molecular complexity index is 2680. The molecule has 0 radical (unpaired) electrons. The molecule has 3 nitrogen and oxygen atoms in total. The first-order valence-electron chi connectivity index (χ1n) is 16.9. The highest BCUT2D eigenvalue weighted by Crippen LogP contribution is 2.49. The van der Waals surface area contributed by atoms with E-state index >= 15 is 0 Å². The van der Waals surface area contributed by atoms with Gasteiger partial charge in [0, 0.05) is 16.7 Å². The predicted molar refractivity (Wildman–Crippen MR) is 206 cm³/mol. The van der Waals surface area contributed by atoms with E-state index in [2.05, 4.69) is 115 Å². The lowest BCUT2D eigenvalue weighted by Crippen LogP contribution is -2.00. The van der Waals surface area contributed by atoms with Crippen LogP contribution in [0.15, 0.2) is 176 Å². The van der Waals surface area contributed by atoms with Gasteiger partial charge in [-0.2, -0.15) is 0 Å². The first kappa shape index (κ1) is 28.3. The van der Waals surface area contributed by atoms with Gasteiger partial charge in [0.05, 0.1) is 0 Å². The minimum absolute atomic E-state index is 0.650. The first-order valence-corrected chi connectivity index (χ1v) is 16.9. The number of nitrogens with zero attached hydrogens (tertiary/aromatic N) is 3. The van der Waals surface area contributed by atoms with E-state index in [1.165, 1.54) is 60.5 Å². The van der Waals surface area contributed by atoms with Gasteiger partial charge in [0.2, 0.25) is 0 Å². The number of benzene rings is 8. The maximum absolute atomic E-state index is 4.94. The van der Waals surface area contributed by atoms with E-state index in [9.17, 15) is 0 Å². The summed E-state index contributed by atoms with van der Waals surface area (Å²) < 4.78 is 0. The minimum Gasteiger partial charge on any atom is -0.208 e. The molecule has 8 aromatic carbocycles. The fourth-order valence-corrected chi connectivity index (χ4v) is 7.44. The molecular weight excluding hydrogens is 607 g/mol. The molecular formula is C47H29N3. The van der Waals surface area contributed by atoms with E-state index < -0.39 is 0 Å². The van der Waals surface area contributed by atoms with E-state index in [0.29, 0.717) is 17.5 Å². The van der Waals surface area contributed by atoms with E-state index in [4.69, 9.17) is 15.0 Å². The van der Waals surface area contributed by atoms with Crippen LogP contribution in [0.5, 0.6) is 0 Å². The van der Waals surface area contributed by atoms with Crippen molar-refractivity contribution in [3.63, 3.8) is 0 Å². The van der Waals surface area contributed by atoms with Crippen molar-refractivity contribution < 1.29 is 0 Å². The van der Waals surface area contributed by atoms with Gasteiger partial charge in [-0.05, 0) is 90.3 Å². The third kappa shape index (κ3) is 4.71. The van der Waals surface area contributed by atoms with Gasteiger partial charge in [-0.25, -0.2) is 15.0 Å². The van der Waals surface area contributed by atoms with E-state index in [-0.39, 0.29) is 0 Å². The van der Waals surface area contributed by atoms with Crippen LogP contribution >= 0.6 is 0 Å². The molecule has 0 saturated heterocycles. The third-order valence-electron chi connectivity index (χ3n) is 9.83. The SMILES string of the molecule is c1ccc(-c2nc(-c3ccccc3)nc(-c3ccc(-c4cc(-c5cc6c7c(cccc7c5)-c5ccccc5-6)cc5ccccc45)cc3)n2)cc1. The van der Waals surface area contributed by atoms with Crippen molar-refractivity contribution in [2.75, 3.05) is 0 Å². The van der Waals surface area contributed by atoms with Gasteiger partial charge >= 0.3 is 0 Å². The van der Waals surface area contributed by atoms with Crippen molar-refractivity contribution in [1.29, 1.82) is 0 Å². The van der Waals surface area contributed by atoms with Crippen molar-refractivity contribution in [2.24, 2.45) is 0 Å². The number of hydrogen-bond donors (Lipinski definition) is 0. The molecule has 10 rings (SSSR count). The second kappa shape index (κ2) is 11.5. The summed E-state index contributed by atoms with van der Waals surface area (Å²) in [5.74, 6) is 1.97. The van der Waals surface area contributed by atoms with Crippen LogP contribution in [0.1, 0.15) is 0 Å². The molecule has 50 heavy (non-hydrogen) atoms. The molecule has 3 heteroatoms. The van der Waals surface area contributed by atoms with Crippen LogP contribution in [-0.2, 0) is 0 Å². The van der Waals surface area contributed by atoms with Crippen LogP contribution in [0.2, 0.25) is 0 Å². The van der Waals surface area contributed by atoms with E-state index in [1.54, 1.807) is 0 Å². The minimum atomic E-state index is 0.650. The zero-order valence-electron chi connectivity index (χ0n) is 27.1. The predicted octanol–water partition coefficient (Wildman–Crippen LogP) is 12.2. The lowest BCUT2D eigenvalue weighted by molar-refractivity contribution is 1.07. The third-order valence-corrected chi connectivity index (χ3v) is 9.83. The molecule has 0 unspecified atom stereocenters. The fraction of sp³-hybridized carbons (Fsp3) is 0. The molecule has 0 spiro atoms. The molecule has 0 saturated carbocycles. The fourth-order valence-electron chi connectivity index (χ4n) is 7.44. The molecule has 0 aliphatic heterocycles. The summed E-state index contributed by atoms with van der Waals surface area (Å²) in [6.45, 7) is 0. The number of fused-ring (bicyclic) bond motifs is 4. The zero-order valence-corrected chi connectivity index (χ0v) is 27.1. The van der Waals surface area contributed by atoms with E-state index in [0.717, 1.165) is 22.3 Å². The summed E-state index contributed by atoms with van der Waals surface area (Å²) in [6.07, 6.45) is 0. The molecule has 1 aromatic heterocycles. The summed E-state index contributed by atoms with van der Waals surface area (Å²) in [5, 5.41) is 5.05. The van der Waals surface area contributed by atoms with E-state index in [1.807, 2.05) is 60.7 Å². The topological polar surface area (TPSA) is 38.7 Å². The van der Waals surface area contributed by atoms with Gasteiger partial charge in [-0.15, -0.1) is 0 Å². The molecule has 1 aliphatic carbocycles. The van der Waals surface area contributed by atoms with Gasteiger partial charge in [0.25, 0.3) is 0 Å². The van der Waals surface area contributed by atoms with Crippen LogP contribution in [-0.4, -0.2) is 15.0 Å². The highest BCUT2D eigenvalue weighted by Gasteiger charge is 2.22. The quantitative estimate of drug-likeness (QED) is 0.189. The van der Waals surface area contributed by atoms with Crippen molar-refractivity contribution in [3.8, 4) is 78.7 Å². The van der Waals surface area contributed by atoms with Crippen molar-refractivity contribution in [1.82, 2.24) is 15.0 Å². The molecule has 0 bridgehead atoms. The Balaban J connectivity index is 1.09. The standard InChI is InChI=1S/C47H29N3/c1-3-12-31(13-4-1)45-48-46(32-14-5-2-6-15-32)50-47(49-45)33-24-22-30(23-25-33)42-28-36(26-34-16-7-8-18-38(34)42)37-27-35-17-11-21-41-39-19-9-10-20-40(39)43(29-37)44(35)41/h1-29H. The highest BCUT2D eigenvalue weighted by atomic mass is 15.0. The maximum Gasteiger partial charge on any atom is 0.164 e.